The summed E-state index contributed by atoms with van der Waals surface area (Å²) in [6, 6.07) is -1.43. The minimum Gasteiger partial charge on any atom is -0.463 e. The molecule has 264 valence electrons. The van der Waals surface area contributed by atoms with Crippen LogP contribution in [0.3, 0.4) is 0 Å². The van der Waals surface area contributed by atoms with E-state index in [1.807, 2.05) is 0 Å². The average molecular weight is 678 g/mol. The Bertz CT molecular complexity index is 1200. The van der Waals surface area contributed by atoms with Gasteiger partial charge in [-0.15, -0.1) is 0 Å². The Kier molecular flexibility index (Phi) is 14.5. The summed E-state index contributed by atoms with van der Waals surface area (Å²) in [5.74, 6) is -6.64. The van der Waals surface area contributed by atoms with Crippen molar-refractivity contribution in [2.24, 2.45) is 0 Å². The van der Waals surface area contributed by atoms with Gasteiger partial charge < -0.3 is 52.7 Å². The SMILES string of the molecule is CC(=O)N[C@@H]1[C@H](OC(C)=O)O[C@@H](COC(C)=O)[C@@H](O[C@@H]2O[C@H](COC(C)=O)[C@H](OC(C)=O)[C@@H](OC(C)=O)[C@@H]2OC(C)=O)[C@H]1OC(C)=O. The predicted octanol–water partition coefficient (Wildman–Crippen LogP) is -1.26. The highest BCUT2D eigenvalue weighted by Crippen LogP contribution is 2.34. The van der Waals surface area contributed by atoms with Crippen LogP contribution in [0.2, 0.25) is 0 Å². The largest absolute Gasteiger partial charge is 0.463 e. The monoisotopic (exact) mass is 677 g/mol. The first-order valence-corrected chi connectivity index (χ1v) is 14.3. The molecule has 2 saturated heterocycles. The summed E-state index contributed by atoms with van der Waals surface area (Å²) in [7, 11) is 0. The van der Waals surface area contributed by atoms with E-state index in [0.717, 1.165) is 55.4 Å². The fraction of sp³-hybridized carbons (Fsp3) is 0.714. The molecule has 0 aromatic heterocycles. The van der Waals surface area contributed by atoms with E-state index in [4.69, 9.17) is 47.4 Å². The van der Waals surface area contributed by atoms with Crippen LogP contribution in [0.25, 0.3) is 0 Å². The first-order chi connectivity index (χ1) is 21.9. The number of carbonyl (C=O) groups excluding carboxylic acids is 8. The Morgan fingerprint density at radius 1 is 0.468 bits per heavy atom. The number of carbonyl (C=O) groups is 8. The van der Waals surface area contributed by atoms with Crippen molar-refractivity contribution in [2.75, 3.05) is 13.2 Å². The molecule has 0 aromatic carbocycles. The minimum atomic E-state index is -1.80. The van der Waals surface area contributed by atoms with Crippen LogP contribution >= 0.6 is 0 Å². The lowest BCUT2D eigenvalue weighted by Crippen LogP contribution is -2.69. The van der Waals surface area contributed by atoms with Crippen LogP contribution in [0.5, 0.6) is 0 Å². The first kappa shape index (κ1) is 38.8. The van der Waals surface area contributed by atoms with Crippen LogP contribution in [-0.4, -0.2) is 122 Å². The first-order valence-electron chi connectivity index (χ1n) is 14.3. The molecule has 2 heterocycles. The van der Waals surface area contributed by atoms with Crippen molar-refractivity contribution in [3.05, 3.63) is 0 Å². The lowest BCUT2D eigenvalue weighted by Gasteiger charge is -2.48. The highest BCUT2D eigenvalue weighted by Gasteiger charge is 2.57. The lowest BCUT2D eigenvalue weighted by molar-refractivity contribution is -0.348. The van der Waals surface area contributed by atoms with E-state index < -0.39 is 122 Å². The van der Waals surface area contributed by atoms with Gasteiger partial charge in [0.05, 0.1) is 0 Å². The maximum atomic E-state index is 12.3. The molecule has 0 saturated carbocycles. The van der Waals surface area contributed by atoms with Crippen LogP contribution < -0.4 is 5.32 Å². The normalized spacial score (nSPS) is 30.0. The van der Waals surface area contributed by atoms with E-state index in [9.17, 15) is 38.4 Å². The molecular formula is C28H39NO18. The Morgan fingerprint density at radius 2 is 0.872 bits per heavy atom. The summed E-state index contributed by atoms with van der Waals surface area (Å²) in [4.78, 5) is 96.5. The maximum absolute atomic E-state index is 12.3. The van der Waals surface area contributed by atoms with E-state index in [-0.39, 0.29) is 0 Å². The number of ether oxygens (including phenoxy) is 10. The third-order valence-corrected chi connectivity index (χ3v) is 6.29. The second-order valence-electron chi connectivity index (χ2n) is 10.4. The predicted molar refractivity (Wildman–Crippen MR) is 147 cm³/mol. The lowest BCUT2D eigenvalue weighted by atomic mass is 9.94. The Balaban J connectivity index is 2.73. The second kappa shape index (κ2) is 17.5. The third kappa shape index (κ3) is 12.1. The molecule has 47 heavy (non-hydrogen) atoms. The zero-order chi connectivity index (χ0) is 35.6. The number of hydrogen-bond acceptors (Lipinski definition) is 18. The fourth-order valence-corrected chi connectivity index (χ4v) is 4.84. The molecule has 1 amide bonds. The van der Waals surface area contributed by atoms with Gasteiger partial charge in [-0.05, 0) is 0 Å². The fourth-order valence-electron chi connectivity index (χ4n) is 4.84. The quantitative estimate of drug-likeness (QED) is 0.187. The summed E-state index contributed by atoms with van der Waals surface area (Å²) >= 11 is 0. The van der Waals surface area contributed by atoms with E-state index in [1.165, 1.54) is 0 Å². The van der Waals surface area contributed by atoms with Crippen molar-refractivity contribution in [3.63, 3.8) is 0 Å². The molecule has 2 rings (SSSR count). The standard InChI is InChI=1S/C28H39NO18/c1-11(30)29-21-24(41-15(5)34)22(19(9-38-12(2)31)45-27(21)44-18(8)37)47-28-26(43-17(7)36)25(42-16(6)35)23(40-14(4)33)20(46-28)10-39-13(3)32/h19-28H,9-10H2,1-8H3,(H,29,30)/t19-,20+,21-,22+,23-,24-,25+,26-,27+,28-/m0/s1. The van der Waals surface area contributed by atoms with Gasteiger partial charge in [0.2, 0.25) is 12.2 Å². The van der Waals surface area contributed by atoms with Crippen molar-refractivity contribution >= 4 is 47.7 Å². The van der Waals surface area contributed by atoms with Gasteiger partial charge in [-0.3, -0.25) is 38.4 Å². The number of hydrogen-bond donors (Lipinski definition) is 1. The summed E-state index contributed by atoms with van der Waals surface area (Å²) in [5.41, 5.74) is 0. The number of amides is 1. The number of esters is 7. The molecule has 2 aliphatic rings. The maximum Gasteiger partial charge on any atom is 0.305 e. The molecule has 0 aliphatic carbocycles. The van der Waals surface area contributed by atoms with Crippen LogP contribution in [0.1, 0.15) is 55.4 Å². The van der Waals surface area contributed by atoms with Gasteiger partial charge >= 0.3 is 41.8 Å². The van der Waals surface area contributed by atoms with Gasteiger partial charge in [0.15, 0.2) is 30.7 Å². The molecule has 0 radical (unpaired) electrons. The minimum absolute atomic E-state index is 0.577. The molecular weight excluding hydrogens is 638 g/mol. The molecule has 19 nitrogen and oxygen atoms in total. The molecule has 10 atom stereocenters. The van der Waals surface area contributed by atoms with Crippen molar-refractivity contribution in [1.29, 1.82) is 0 Å². The second-order valence-corrected chi connectivity index (χ2v) is 10.4. The molecule has 1 N–H and O–H groups in total. The highest BCUT2D eigenvalue weighted by molar-refractivity contribution is 5.74. The van der Waals surface area contributed by atoms with Crippen LogP contribution in [-0.2, 0) is 85.7 Å². The smallest absolute Gasteiger partial charge is 0.305 e. The van der Waals surface area contributed by atoms with Crippen molar-refractivity contribution < 1.29 is 85.7 Å². The van der Waals surface area contributed by atoms with E-state index in [0.29, 0.717) is 0 Å². The zero-order valence-electron chi connectivity index (χ0n) is 27.0. The summed E-state index contributed by atoms with van der Waals surface area (Å²) in [6.45, 7) is 7.30. The van der Waals surface area contributed by atoms with Crippen molar-refractivity contribution in [1.82, 2.24) is 5.32 Å². The number of rotatable bonds is 12. The van der Waals surface area contributed by atoms with Gasteiger partial charge in [-0.1, -0.05) is 0 Å². The summed E-state index contributed by atoms with van der Waals surface area (Å²) < 4.78 is 55.2. The van der Waals surface area contributed by atoms with E-state index in [1.54, 1.807) is 0 Å². The Labute approximate surface area is 269 Å². The van der Waals surface area contributed by atoms with E-state index >= 15 is 0 Å². The van der Waals surface area contributed by atoms with Crippen LogP contribution in [0.4, 0.5) is 0 Å². The zero-order valence-corrected chi connectivity index (χ0v) is 27.0. The van der Waals surface area contributed by atoms with Crippen LogP contribution in [0, 0.1) is 0 Å². The number of nitrogens with one attached hydrogen (secondary N) is 1. The van der Waals surface area contributed by atoms with Gasteiger partial charge in [-0.2, -0.15) is 0 Å². The highest BCUT2D eigenvalue weighted by atomic mass is 16.8. The van der Waals surface area contributed by atoms with Crippen molar-refractivity contribution in [3.8, 4) is 0 Å². The Morgan fingerprint density at radius 3 is 1.32 bits per heavy atom. The van der Waals surface area contributed by atoms with Gasteiger partial charge in [-0.25, -0.2) is 0 Å². The molecule has 2 aliphatic heterocycles. The molecule has 0 spiro atoms. The van der Waals surface area contributed by atoms with Crippen molar-refractivity contribution in [2.45, 2.75) is 117 Å². The molecule has 0 aromatic rings. The summed E-state index contributed by atoms with van der Waals surface area (Å²) in [5, 5.41) is 2.48. The van der Waals surface area contributed by atoms with E-state index in [2.05, 4.69) is 5.32 Å². The molecule has 2 fully saturated rings. The van der Waals surface area contributed by atoms with Gasteiger partial charge in [0.25, 0.3) is 0 Å². The van der Waals surface area contributed by atoms with Gasteiger partial charge in [0, 0.05) is 55.4 Å². The van der Waals surface area contributed by atoms with Crippen LogP contribution in [0.15, 0.2) is 0 Å². The molecule has 0 bridgehead atoms. The third-order valence-electron chi connectivity index (χ3n) is 6.29. The molecule has 19 heteroatoms. The molecule has 0 unspecified atom stereocenters. The Hall–Kier alpha value is -4.36. The van der Waals surface area contributed by atoms with Gasteiger partial charge in [0.1, 0.15) is 37.6 Å². The average Bonchev–Trinajstić information content (AvgIpc) is 2.91. The topological polar surface area (TPSA) is 241 Å². The summed E-state index contributed by atoms with van der Waals surface area (Å²) in [6.07, 6.45) is -14.2.